The number of carbonyl (C=O) groups is 2. The van der Waals surface area contributed by atoms with E-state index in [4.69, 9.17) is 11.6 Å². The average Bonchev–Trinajstić information content (AvgIpc) is 2.42. The highest BCUT2D eigenvalue weighted by atomic mass is 35.5. The van der Waals surface area contributed by atoms with Gasteiger partial charge in [-0.1, -0.05) is 11.6 Å². The third-order valence-corrected chi connectivity index (χ3v) is 2.53. The van der Waals surface area contributed by atoms with Crippen molar-refractivity contribution in [3.05, 3.63) is 38.9 Å². The summed E-state index contributed by atoms with van der Waals surface area (Å²) in [6, 6.07) is 2.97. The lowest BCUT2D eigenvalue weighted by Gasteiger charge is -2.09. The number of hydrogen-bond donors (Lipinski definition) is 1. The van der Waals surface area contributed by atoms with E-state index < -0.39 is 41.8 Å². The Morgan fingerprint density at radius 3 is 2.55 bits per heavy atom. The third kappa shape index (κ3) is 5.56. The molecule has 0 saturated carbocycles. The topological polar surface area (TPSA) is 98.5 Å². The molecule has 0 saturated heterocycles. The summed E-state index contributed by atoms with van der Waals surface area (Å²) in [5.41, 5.74) is -0.808. The number of esters is 1. The first-order valence-corrected chi connectivity index (χ1v) is 5.92. The van der Waals surface area contributed by atoms with Gasteiger partial charge in [-0.2, -0.15) is 13.2 Å². The first-order valence-electron chi connectivity index (χ1n) is 5.54. The molecule has 0 bridgehead atoms. The zero-order chi connectivity index (χ0) is 16.9. The zero-order valence-electron chi connectivity index (χ0n) is 10.6. The number of alkyl halides is 3. The molecule has 1 N–H and O–H groups in total. The van der Waals surface area contributed by atoms with Gasteiger partial charge in [0.1, 0.15) is 6.54 Å². The molecule has 1 rings (SSSR count). The van der Waals surface area contributed by atoms with Gasteiger partial charge in [-0.05, 0) is 6.07 Å². The predicted molar refractivity (Wildman–Crippen MR) is 67.5 cm³/mol. The van der Waals surface area contributed by atoms with E-state index in [1.54, 1.807) is 0 Å². The maximum Gasteiger partial charge on any atom is 0.405 e. The fourth-order valence-corrected chi connectivity index (χ4v) is 1.44. The molecule has 1 aromatic rings. The number of nitrogens with zero attached hydrogens (tertiary/aromatic N) is 1. The molecule has 0 aliphatic heterocycles. The van der Waals surface area contributed by atoms with Crippen LogP contribution in [0.5, 0.6) is 0 Å². The minimum Gasteiger partial charge on any atom is -0.452 e. The lowest BCUT2D eigenvalue weighted by molar-refractivity contribution is -0.384. The van der Waals surface area contributed by atoms with E-state index in [0.29, 0.717) is 0 Å². The van der Waals surface area contributed by atoms with E-state index in [1.165, 1.54) is 5.32 Å². The Hall–Kier alpha value is -2.36. The molecule has 0 aromatic heterocycles. The molecule has 1 aromatic carbocycles. The maximum absolute atomic E-state index is 11.8. The molecule has 22 heavy (non-hydrogen) atoms. The molecule has 0 aliphatic rings. The van der Waals surface area contributed by atoms with Gasteiger partial charge in [0.05, 0.1) is 15.5 Å². The van der Waals surface area contributed by atoms with E-state index in [1.807, 2.05) is 0 Å². The van der Waals surface area contributed by atoms with Gasteiger partial charge in [0, 0.05) is 12.1 Å². The van der Waals surface area contributed by atoms with Gasteiger partial charge < -0.3 is 10.1 Å². The summed E-state index contributed by atoms with van der Waals surface area (Å²) in [4.78, 5) is 32.5. The van der Waals surface area contributed by atoms with Gasteiger partial charge in [0.15, 0.2) is 6.61 Å². The predicted octanol–water partition coefficient (Wildman–Crippen LogP) is 2.08. The third-order valence-electron chi connectivity index (χ3n) is 2.20. The van der Waals surface area contributed by atoms with Crippen molar-refractivity contribution in [3.8, 4) is 0 Å². The molecule has 0 aliphatic carbocycles. The van der Waals surface area contributed by atoms with Crippen LogP contribution in [-0.2, 0) is 9.53 Å². The second-order valence-electron chi connectivity index (χ2n) is 3.89. The molecule has 11 heteroatoms. The van der Waals surface area contributed by atoms with Crippen LogP contribution in [0.4, 0.5) is 18.9 Å². The molecule has 7 nitrogen and oxygen atoms in total. The number of halogens is 4. The van der Waals surface area contributed by atoms with Crippen molar-refractivity contribution >= 4 is 29.2 Å². The lowest BCUT2D eigenvalue weighted by atomic mass is 10.2. The van der Waals surface area contributed by atoms with Crippen LogP contribution in [0.2, 0.25) is 5.02 Å². The maximum atomic E-state index is 11.8. The summed E-state index contributed by atoms with van der Waals surface area (Å²) in [5, 5.41) is 11.9. The summed E-state index contributed by atoms with van der Waals surface area (Å²) in [6.07, 6.45) is -4.59. The summed E-state index contributed by atoms with van der Waals surface area (Å²) >= 11 is 5.66. The molecule has 0 heterocycles. The second kappa shape index (κ2) is 7.07. The Balaban J connectivity index is 2.64. The van der Waals surface area contributed by atoms with Crippen LogP contribution in [0.25, 0.3) is 0 Å². The molecule has 0 spiro atoms. The highest BCUT2D eigenvalue weighted by molar-refractivity contribution is 6.33. The van der Waals surface area contributed by atoms with E-state index in [0.717, 1.165) is 18.2 Å². The van der Waals surface area contributed by atoms with Gasteiger partial charge in [0.25, 0.3) is 11.6 Å². The Labute approximate surface area is 126 Å². The van der Waals surface area contributed by atoms with Crippen LogP contribution < -0.4 is 5.32 Å². The fraction of sp³-hybridized carbons (Fsp3) is 0.273. The van der Waals surface area contributed by atoms with Crippen molar-refractivity contribution in [2.24, 2.45) is 0 Å². The highest BCUT2D eigenvalue weighted by Gasteiger charge is 2.28. The highest BCUT2D eigenvalue weighted by Crippen LogP contribution is 2.22. The van der Waals surface area contributed by atoms with Crippen molar-refractivity contribution in [2.75, 3.05) is 13.2 Å². The number of carbonyl (C=O) groups excluding carboxylic acids is 2. The molecule has 0 atom stereocenters. The number of rotatable bonds is 5. The quantitative estimate of drug-likeness (QED) is 0.502. The molecule has 120 valence electrons. The SMILES string of the molecule is O=C(COC(=O)c1cc([N+](=O)[O-])ccc1Cl)NCC(F)(F)F. The van der Waals surface area contributed by atoms with Gasteiger partial charge in [-0.3, -0.25) is 14.9 Å². The minimum atomic E-state index is -4.59. The lowest BCUT2D eigenvalue weighted by Crippen LogP contribution is -2.36. The van der Waals surface area contributed by atoms with E-state index >= 15 is 0 Å². The Morgan fingerprint density at radius 1 is 1.36 bits per heavy atom. The van der Waals surface area contributed by atoms with Crippen molar-refractivity contribution < 1.29 is 32.4 Å². The number of ether oxygens (including phenoxy) is 1. The molecule has 0 radical (unpaired) electrons. The Bertz CT molecular complexity index is 606. The normalized spacial score (nSPS) is 10.9. The van der Waals surface area contributed by atoms with Crippen LogP contribution >= 0.6 is 11.6 Å². The van der Waals surface area contributed by atoms with E-state index in [2.05, 4.69) is 4.74 Å². The zero-order valence-corrected chi connectivity index (χ0v) is 11.4. The molecule has 0 fully saturated rings. The molecular weight excluding hydrogens is 333 g/mol. The standard InChI is InChI=1S/C11H8ClF3N2O5/c12-8-2-1-6(17(20)21)3-7(8)10(19)22-4-9(18)16-5-11(13,14)15/h1-3H,4-5H2,(H,16,18). The summed E-state index contributed by atoms with van der Waals surface area (Å²) < 4.78 is 40.0. The number of amides is 1. The van der Waals surface area contributed by atoms with Crippen LogP contribution in [0.3, 0.4) is 0 Å². The van der Waals surface area contributed by atoms with Crippen molar-refractivity contribution in [3.63, 3.8) is 0 Å². The fourth-order valence-electron chi connectivity index (χ4n) is 1.24. The number of nitrogens with one attached hydrogen (secondary N) is 1. The Morgan fingerprint density at radius 2 is 2.00 bits per heavy atom. The first kappa shape index (κ1) is 17.7. The minimum absolute atomic E-state index is 0.161. The summed E-state index contributed by atoms with van der Waals surface area (Å²) in [6.45, 7) is -2.55. The number of hydrogen-bond acceptors (Lipinski definition) is 5. The van der Waals surface area contributed by atoms with Crippen LogP contribution in [0, 0.1) is 10.1 Å². The largest absolute Gasteiger partial charge is 0.452 e. The number of nitro groups is 1. The van der Waals surface area contributed by atoms with Gasteiger partial charge >= 0.3 is 12.1 Å². The Kier molecular flexibility index (Phi) is 5.69. The molecule has 0 unspecified atom stereocenters. The summed E-state index contributed by atoms with van der Waals surface area (Å²) in [7, 11) is 0. The van der Waals surface area contributed by atoms with Crippen molar-refractivity contribution in [2.45, 2.75) is 6.18 Å². The monoisotopic (exact) mass is 340 g/mol. The van der Waals surface area contributed by atoms with E-state index in [-0.39, 0.29) is 10.6 Å². The molecular formula is C11H8ClF3N2O5. The number of nitro benzene ring substituents is 1. The summed E-state index contributed by atoms with van der Waals surface area (Å²) in [5.74, 6) is -2.34. The van der Waals surface area contributed by atoms with Crippen LogP contribution in [0.1, 0.15) is 10.4 Å². The van der Waals surface area contributed by atoms with Crippen molar-refractivity contribution in [1.29, 1.82) is 0 Å². The van der Waals surface area contributed by atoms with Crippen molar-refractivity contribution in [1.82, 2.24) is 5.32 Å². The van der Waals surface area contributed by atoms with Gasteiger partial charge in [-0.15, -0.1) is 0 Å². The van der Waals surface area contributed by atoms with Crippen LogP contribution in [-0.4, -0.2) is 36.1 Å². The smallest absolute Gasteiger partial charge is 0.405 e. The van der Waals surface area contributed by atoms with Gasteiger partial charge in [0.2, 0.25) is 0 Å². The molecule has 1 amide bonds. The van der Waals surface area contributed by atoms with Gasteiger partial charge in [-0.25, -0.2) is 4.79 Å². The number of non-ortho nitro benzene ring substituents is 1. The number of benzene rings is 1. The van der Waals surface area contributed by atoms with Crippen LogP contribution in [0.15, 0.2) is 18.2 Å². The van der Waals surface area contributed by atoms with E-state index in [9.17, 15) is 32.9 Å². The first-order chi connectivity index (χ1) is 10.1. The second-order valence-corrected chi connectivity index (χ2v) is 4.30. The average molecular weight is 341 g/mol.